The largest absolute Gasteiger partial charge is 0.351 e. The van der Waals surface area contributed by atoms with Gasteiger partial charge in [-0.05, 0) is 23.8 Å². The molecule has 15 heavy (non-hydrogen) atoms. The van der Waals surface area contributed by atoms with Crippen LogP contribution in [0.1, 0.15) is 5.56 Å². The van der Waals surface area contributed by atoms with Crippen molar-refractivity contribution in [3.05, 3.63) is 40.9 Å². The molecule has 0 bridgehead atoms. The monoisotopic (exact) mass is 224 g/mol. The molecule has 0 saturated carbocycles. The van der Waals surface area contributed by atoms with Crippen molar-refractivity contribution in [3.63, 3.8) is 0 Å². The number of nitrogens with two attached hydrogens (primary N) is 1. The van der Waals surface area contributed by atoms with Gasteiger partial charge in [0, 0.05) is 24.2 Å². The van der Waals surface area contributed by atoms with Crippen LogP contribution in [0.25, 0.3) is 6.08 Å². The third kappa shape index (κ3) is 4.63. The molecule has 1 rings (SSSR count). The van der Waals surface area contributed by atoms with Gasteiger partial charge in [-0.15, -0.1) is 0 Å². The molecule has 0 saturated heterocycles. The van der Waals surface area contributed by atoms with Gasteiger partial charge in [-0.2, -0.15) is 0 Å². The minimum Gasteiger partial charge on any atom is -0.351 e. The molecule has 0 radical (unpaired) electrons. The lowest BCUT2D eigenvalue weighted by molar-refractivity contribution is -0.116. The fourth-order valence-corrected chi connectivity index (χ4v) is 1.13. The Labute approximate surface area is 93.9 Å². The van der Waals surface area contributed by atoms with Crippen molar-refractivity contribution in [2.75, 3.05) is 13.1 Å². The van der Waals surface area contributed by atoms with Crippen molar-refractivity contribution >= 4 is 23.6 Å². The maximum Gasteiger partial charge on any atom is 0.244 e. The molecule has 1 amide bonds. The van der Waals surface area contributed by atoms with E-state index in [-0.39, 0.29) is 5.91 Å². The lowest BCUT2D eigenvalue weighted by atomic mass is 10.2. The SMILES string of the molecule is NCCNC(=O)/C=C/c1ccc(Cl)cc1. The standard InChI is InChI=1S/C11H13ClN2O/c12-10-4-1-9(2-5-10)3-6-11(15)14-8-7-13/h1-6H,7-8,13H2,(H,14,15)/b6-3+. The van der Waals surface area contributed by atoms with Crippen LogP contribution in [-0.4, -0.2) is 19.0 Å². The summed E-state index contributed by atoms with van der Waals surface area (Å²) in [4.78, 5) is 11.2. The molecule has 1 aromatic carbocycles. The van der Waals surface area contributed by atoms with Crippen LogP contribution in [0.2, 0.25) is 5.02 Å². The zero-order valence-corrected chi connectivity index (χ0v) is 9.00. The molecule has 4 heteroatoms. The summed E-state index contributed by atoms with van der Waals surface area (Å²) in [7, 11) is 0. The van der Waals surface area contributed by atoms with Crippen molar-refractivity contribution in [1.29, 1.82) is 0 Å². The first-order valence-corrected chi connectivity index (χ1v) is 5.01. The summed E-state index contributed by atoms with van der Waals surface area (Å²) in [5.41, 5.74) is 6.18. The van der Waals surface area contributed by atoms with E-state index in [4.69, 9.17) is 17.3 Å². The summed E-state index contributed by atoms with van der Waals surface area (Å²) < 4.78 is 0. The van der Waals surface area contributed by atoms with E-state index < -0.39 is 0 Å². The van der Waals surface area contributed by atoms with Crippen LogP contribution in [0.5, 0.6) is 0 Å². The Bertz CT molecular complexity index is 346. The molecule has 0 aliphatic carbocycles. The average molecular weight is 225 g/mol. The molecule has 0 spiro atoms. The lowest BCUT2D eigenvalue weighted by Crippen LogP contribution is -2.27. The van der Waals surface area contributed by atoms with E-state index in [2.05, 4.69) is 5.32 Å². The van der Waals surface area contributed by atoms with E-state index in [0.717, 1.165) is 5.56 Å². The Hall–Kier alpha value is -1.32. The van der Waals surface area contributed by atoms with Crippen LogP contribution in [0.3, 0.4) is 0 Å². The van der Waals surface area contributed by atoms with Crippen molar-refractivity contribution in [2.24, 2.45) is 5.73 Å². The molecule has 0 heterocycles. The molecule has 1 aromatic rings. The highest BCUT2D eigenvalue weighted by Crippen LogP contribution is 2.10. The van der Waals surface area contributed by atoms with Crippen LogP contribution in [0.4, 0.5) is 0 Å². The third-order valence-corrected chi connectivity index (χ3v) is 1.99. The first-order chi connectivity index (χ1) is 7.22. The number of hydrogen-bond acceptors (Lipinski definition) is 2. The third-order valence-electron chi connectivity index (χ3n) is 1.74. The zero-order chi connectivity index (χ0) is 11.1. The maximum atomic E-state index is 11.2. The smallest absolute Gasteiger partial charge is 0.244 e. The summed E-state index contributed by atoms with van der Waals surface area (Å²) in [6.07, 6.45) is 3.20. The molecule has 3 nitrogen and oxygen atoms in total. The highest BCUT2D eigenvalue weighted by atomic mass is 35.5. The minimum absolute atomic E-state index is 0.143. The van der Waals surface area contributed by atoms with Crippen LogP contribution in [0, 0.1) is 0 Å². The van der Waals surface area contributed by atoms with Gasteiger partial charge in [-0.3, -0.25) is 4.79 Å². The van der Waals surface area contributed by atoms with Gasteiger partial charge in [-0.1, -0.05) is 23.7 Å². The fraction of sp³-hybridized carbons (Fsp3) is 0.182. The fourth-order valence-electron chi connectivity index (χ4n) is 1.00. The number of carbonyl (C=O) groups excluding carboxylic acids is 1. The van der Waals surface area contributed by atoms with E-state index in [9.17, 15) is 4.79 Å². The molecule has 0 fully saturated rings. The Balaban J connectivity index is 2.50. The number of amides is 1. The quantitative estimate of drug-likeness (QED) is 0.761. The Morgan fingerprint density at radius 1 is 1.40 bits per heavy atom. The minimum atomic E-state index is -0.143. The second-order valence-electron chi connectivity index (χ2n) is 2.96. The number of benzene rings is 1. The first-order valence-electron chi connectivity index (χ1n) is 4.64. The van der Waals surface area contributed by atoms with E-state index in [1.807, 2.05) is 12.1 Å². The number of carbonyl (C=O) groups is 1. The van der Waals surface area contributed by atoms with E-state index >= 15 is 0 Å². The molecular weight excluding hydrogens is 212 g/mol. The highest BCUT2D eigenvalue weighted by molar-refractivity contribution is 6.30. The first kappa shape index (κ1) is 11.8. The van der Waals surface area contributed by atoms with Gasteiger partial charge >= 0.3 is 0 Å². The Morgan fingerprint density at radius 2 is 2.07 bits per heavy atom. The molecule has 3 N–H and O–H groups in total. The van der Waals surface area contributed by atoms with Gasteiger partial charge < -0.3 is 11.1 Å². The normalized spacial score (nSPS) is 10.5. The summed E-state index contributed by atoms with van der Waals surface area (Å²) >= 11 is 5.73. The maximum absolute atomic E-state index is 11.2. The topological polar surface area (TPSA) is 55.1 Å². The second kappa shape index (κ2) is 6.22. The van der Waals surface area contributed by atoms with Gasteiger partial charge in [-0.25, -0.2) is 0 Å². The predicted molar refractivity (Wildman–Crippen MR) is 62.6 cm³/mol. The van der Waals surface area contributed by atoms with Crippen LogP contribution < -0.4 is 11.1 Å². The molecule has 0 unspecified atom stereocenters. The number of halogens is 1. The van der Waals surface area contributed by atoms with Crippen molar-refractivity contribution < 1.29 is 4.79 Å². The van der Waals surface area contributed by atoms with E-state index in [1.165, 1.54) is 6.08 Å². The van der Waals surface area contributed by atoms with Gasteiger partial charge in [0.2, 0.25) is 5.91 Å². The van der Waals surface area contributed by atoms with Crippen LogP contribution in [-0.2, 0) is 4.79 Å². The van der Waals surface area contributed by atoms with Gasteiger partial charge in [0.1, 0.15) is 0 Å². The molecule has 0 aromatic heterocycles. The summed E-state index contributed by atoms with van der Waals surface area (Å²) in [5.74, 6) is -0.143. The number of rotatable bonds is 4. The number of hydrogen-bond donors (Lipinski definition) is 2. The molecular formula is C11H13ClN2O. The second-order valence-corrected chi connectivity index (χ2v) is 3.40. The van der Waals surface area contributed by atoms with Crippen LogP contribution in [0.15, 0.2) is 30.3 Å². The highest BCUT2D eigenvalue weighted by Gasteiger charge is 1.93. The van der Waals surface area contributed by atoms with Crippen molar-refractivity contribution in [3.8, 4) is 0 Å². The average Bonchev–Trinajstić information content (AvgIpc) is 2.25. The Kier molecular flexibility index (Phi) is 4.87. The Morgan fingerprint density at radius 3 is 2.67 bits per heavy atom. The van der Waals surface area contributed by atoms with Gasteiger partial charge in [0.15, 0.2) is 0 Å². The van der Waals surface area contributed by atoms with Crippen LogP contribution >= 0.6 is 11.6 Å². The summed E-state index contributed by atoms with van der Waals surface area (Å²) in [6.45, 7) is 0.935. The zero-order valence-electron chi connectivity index (χ0n) is 8.24. The molecule has 0 aliphatic heterocycles. The van der Waals surface area contributed by atoms with E-state index in [0.29, 0.717) is 18.1 Å². The van der Waals surface area contributed by atoms with Gasteiger partial charge in [0.25, 0.3) is 0 Å². The molecule has 0 atom stereocenters. The summed E-state index contributed by atoms with van der Waals surface area (Å²) in [5, 5.41) is 3.32. The summed E-state index contributed by atoms with van der Waals surface area (Å²) in [6, 6.07) is 7.24. The molecule has 0 aliphatic rings. The number of nitrogens with one attached hydrogen (secondary N) is 1. The molecule has 80 valence electrons. The van der Waals surface area contributed by atoms with E-state index in [1.54, 1.807) is 18.2 Å². The predicted octanol–water partition coefficient (Wildman–Crippen LogP) is 1.43. The van der Waals surface area contributed by atoms with Gasteiger partial charge in [0.05, 0.1) is 0 Å². The lowest BCUT2D eigenvalue weighted by Gasteiger charge is -1.97. The van der Waals surface area contributed by atoms with Crippen molar-refractivity contribution in [2.45, 2.75) is 0 Å². The van der Waals surface area contributed by atoms with Crippen molar-refractivity contribution in [1.82, 2.24) is 5.32 Å².